The van der Waals surface area contributed by atoms with Gasteiger partial charge in [0.15, 0.2) is 11.5 Å². The number of phenols is 2. The standard InChI is InChI=1S/C14H19BrO3/c1-2-3-9-4-5-18-14(8-15)11-7-13(17)12(16)6-10(9)11/h6-7,9,14,16-17H,2-5,8H2,1H3. The van der Waals surface area contributed by atoms with Crippen molar-refractivity contribution in [3.63, 3.8) is 0 Å². The Kier molecular flexibility index (Phi) is 4.51. The Morgan fingerprint density at radius 3 is 2.56 bits per heavy atom. The fraction of sp³-hybridized carbons (Fsp3) is 0.571. The molecule has 0 radical (unpaired) electrons. The van der Waals surface area contributed by atoms with Crippen LogP contribution in [0.15, 0.2) is 12.1 Å². The van der Waals surface area contributed by atoms with Crippen molar-refractivity contribution in [1.82, 2.24) is 0 Å². The van der Waals surface area contributed by atoms with Crippen molar-refractivity contribution >= 4 is 15.9 Å². The van der Waals surface area contributed by atoms with Crippen molar-refractivity contribution in [3.8, 4) is 11.5 Å². The molecule has 0 fully saturated rings. The second-order valence-corrected chi connectivity index (χ2v) is 5.41. The molecule has 1 aliphatic rings. The van der Waals surface area contributed by atoms with Crippen LogP contribution in [0.1, 0.15) is 49.3 Å². The summed E-state index contributed by atoms with van der Waals surface area (Å²) in [5.74, 6) is 0.297. The molecule has 0 aromatic heterocycles. The number of hydrogen-bond donors (Lipinski definition) is 2. The fourth-order valence-corrected chi connectivity index (χ4v) is 3.15. The molecule has 0 saturated carbocycles. The Bertz CT molecular complexity index is 420. The lowest BCUT2D eigenvalue weighted by Gasteiger charge is -2.19. The summed E-state index contributed by atoms with van der Waals surface area (Å²) in [4.78, 5) is 0. The van der Waals surface area contributed by atoms with E-state index in [1.165, 1.54) is 0 Å². The highest BCUT2D eigenvalue weighted by Gasteiger charge is 2.26. The summed E-state index contributed by atoms with van der Waals surface area (Å²) in [6.45, 7) is 2.88. The van der Waals surface area contributed by atoms with Gasteiger partial charge in [0.25, 0.3) is 0 Å². The molecule has 0 aliphatic carbocycles. The molecule has 0 bridgehead atoms. The van der Waals surface area contributed by atoms with E-state index in [9.17, 15) is 10.2 Å². The van der Waals surface area contributed by atoms with Crippen molar-refractivity contribution in [2.45, 2.75) is 38.2 Å². The quantitative estimate of drug-likeness (QED) is 0.658. The van der Waals surface area contributed by atoms with Crippen LogP contribution in [0.25, 0.3) is 0 Å². The molecule has 2 rings (SSSR count). The predicted molar refractivity (Wildman–Crippen MR) is 74.5 cm³/mol. The number of aromatic hydroxyl groups is 2. The third-order valence-electron chi connectivity index (χ3n) is 3.53. The normalized spacial score (nSPS) is 23.4. The maximum Gasteiger partial charge on any atom is 0.157 e. The fourth-order valence-electron chi connectivity index (χ4n) is 2.62. The van der Waals surface area contributed by atoms with E-state index < -0.39 is 0 Å². The average Bonchev–Trinajstić information content (AvgIpc) is 2.51. The SMILES string of the molecule is CCCC1CCOC(CBr)c2cc(O)c(O)cc21. The average molecular weight is 315 g/mol. The van der Waals surface area contributed by atoms with E-state index in [4.69, 9.17) is 4.74 Å². The number of fused-ring (bicyclic) bond motifs is 1. The van der Waals surface area contributed by atoms with Crippen LogP contribution in [0.2, 0.25) is 0 Å². The first-order chi connectivity index (χ1) is 8.67. The lowest BCUT2D eigenvalue weighted by molar-refractivity contribution is 0.0714. The van der Waals surface area contributed by atoms with E-state index in [0.717, 1.165) is 37.0 Å². The highest BCUT2D eigenvalue weighted by molar-refractivity contribution is 9.09. The van der Waals surface area contributed by atoms with Gasteiger partial charge in [-0.2, -0.15) is 0 Å². The maximum absolute atomic E-state index is 9.71. The summed E-state index contributed by atoms with van der Waals surface area (Å²) in [5.41, 5.74) is 2.12. The molecule has 4 heteroatoms. The summed E-state index contributed by atoms with van der Waals surface area (Å²) >= 11 is 3.45. The highest BCUT2D eigenvalue weighted by Crippen LogP contribution is 2.41. The van der Waals surface area contributed by atoms with Gasteiger partial charge in [-0.1, -0.05) is 29.3 Å². The lowest BCUT2D eigenvalue weighted by atomic mass is 9.87. The molecule has 18 heavy (non-hydrogen) atoms. The summed E-state index contributed by atoms with van der Waals surface area (Å²) < 4.78 is 5.81. The molecule has 2 N–H and O–H groups in total. The van der Waals surface area contributed by atoms with E-state index in [1.807, 2.05) is 0 Å². The first-order valence-electron chi connectivity index (χ1n) is 6.40. The molecular weight excluding hydrogens is 296 g/mol. The number of alkyl halides is 1. The van der Waals surface area contributed by atoms with Gasteiger partial charge in [0.05, 0.1) is 6.10 Å². The summed E-state index contributed by atoms with van der Waals surface area (Å²) in [5, 5.41) is 20.1. The smallest absolute Gasteiger partial charge is 0.157 e. The Hall–Kier alpha value is -0.740. The Morgan fingerprint density at radius 2 is 1.94 bits per heavy atom. The first-order valence-corrected chi connectivity index (χ1v) is 7.52. The largest absolute Gasteiger partial charge is 0.504 e. The van der Waals surface area contributed by atoms with E-state index in [0.29, 0.717) is 11.2 Å². The summed E-state index contributed by atoms with van der Waals surface area (Å²) in [6.07, 6.45) is 3.10. The van der Waals surface area contributed by atoms with Gasteiger partial charge < -0.3 is 14.9 Å². The van der Waals surface area contributed by atoms with Crippen molar-refractivity contribution in [3.05, 3.63) is 23.3 Å². The Morgan fingerprint density at radius 1 is 1.28 bits per heavy atom. The van der Waals surface area contributed by atoms with Crippen molar-refractivity contribution < 1.29 is 14.9 Å². The van der Waals surface area contributed by atoms with Crippen LogP contribution in [-0.2, 0) is 4.74 Å². The predicted octanol–water partition coefficient (Wildman–Crippen LogP) is 3.84. The van der Waals surface area contributed by atoms with Crippen LogP contribution in [0.3, 0.4) is 0 Å². The van der Waals surface area contributed by atoms with Gasteiger partial charge >= 0.3 is 0 Å². The Labute approximate surface area is 116 Å². The summed E-state index contributed by atoms with van der Waals surface area (Å²) in [6, 6.07) is 3.35. The molecule has 1 aromatic rings. The molecule has 1 aliphatic heterocycles. The third-order valence-corrected chi connectivity index (χ3v) is 4.12. The Balaban J connectivity index is 2.47. The lowest BCUT2D eigenvalue weighted by Crippen LogP contribution is -2.06. The number of benzene rings is 1. The second kappa shape index (κ2) is 5.93. The number of hydrogen-bond acceptors (Lipinski definition) is 3. The minimum Gasteiger partial charge on any atom is -0.504 e. The second-order valence-electron chi connectivity index (χ2n) is 4.76. The van der Waals surface area contributed by atoms with Crippen LogP contribution in [-0.4, -0.2) is 22.2 Å². The van der Waals surface area contributed by atoms with Crippen LogP contribution < -0.4 is 0 Å². The third kappa shape index (κ3) is 2.64. The zero-order valence-corrected chi connectivity index (χ0v) is 12.1. The van der Waals surface area contributed by atoms with Crippen LogP contribution in [0.4, 0.5) is 0 Å². The topological polar surface area (TPSA) is 49.7 Å². The molecule has 0 saturated heterocycles. The van der Waals surface area contributed by atoms with E-state index >= 15 is 0 Å². The monoisotopic (exact) mass is 314 g/mol. The first kappa shape index (κ1) is 13.7. The van der Waals surface area contributed by atoms with E-state index in [1.54, 1.807) is 12.1 Å². The molecule has 1 heterocycles. The molecule has 0 amide bonds. The van der Waals surface area contributed by atoms with Gasteiger partial charge in [-0.05, 0) is 42.0 Å². The van der Waals surface area contributed by atoms with Gasteiger partial charge in [-0.15, -0.1) is 0 Å². The molecular formula is C14H19BrO3. The van der Waals surface area contributed by atoms with Crippen molar-refractivity contribution in [2.24, 2.45) is 0 Å². The number of rotatable bonds is 3. The number of phenolic OH excluding ortho intramolecular Hbond substituents is 2. The number of ether oxygens (including phenoxy) is 1. The van der Waals surface area contributed by atoms with Gasteiger partial charge in [0, 0.05) is 11.9 Å². The van der Waals surface area contributed by atoms with Crippen LogP contribution in [0.5, 0.6) is 11.5 Å². The molecule has 100 valence electrons. The van der Waals surface area contributed by atoms with Crippen molar-refractivity contribution in [2.75, 3.05) is 11.9 Å². The molecule has 1 aromatic carbocycles. The van der Waals surface area contributed by atoms with E-state index in [-0.39, 0.29) is 17.6 Å². The minimum atomic E-state index is -0.0690. The molecule has 0 spiro atoms. The highest BCUT2D eigenvalue weighted by atomic mass is 79.9. The molecule has 2 atom stereocenters. The zero-order chi connectivity index (χ0) is 13.1. The minimum absolute atomic E-state index is 0.0370. The van der Waals surface area contributed by atoms with Gasteiger partial charge in [-0.3, -0.25) is 0 Å². The molecule has 3 nitrogen and oxygen atoms in total. The van der Waals surface area contributed by atoms with Crippen molar-refractivity contribution in [1.29, 1.82) is 0 Å². The number of halogens is 1. The van der Waals surface area contributed by atoms with Gasteiger partial charge in [-0.25, -0.2) is 0 Å². The summed E-state index contributed by atoms with van der Waals surface area (Å²) in [7, 11) is 0. The maximum atomic E-state index is 9.71. The van der Waals surface area contributed by atoms with Crippen LogP contribution in [0, 0.1) is 0 Å². The van der Waals surface area contributed by atoms with Gasteiger partial charge in [0.1, 0.15) is 0 Å². The van der Waals surface area contributed by atoms with Crippen LogP contribution >= 0.6 is 15.9 Å². The zero-order valence-electron chi connectivity index (χ0n) is 10.5. The molecule has 2 unspecified atom stereocenters. The van der Waals surface area contributed by atoms with E-state index in [2.05, 4.69) is 22.9 Å². The van der Waals surface area contributed by atoms with Gasteiger partial charge in [0.2, 0.25) is 0 Å².